The van der Waals surface area contributed by atoms with Gasteiger partial charge in [-0.3, -0.25) is 4.90 Å². The summed E-state index contributed by atoms with van der Waals surface area (Å²) in [5.74, 6) is 1.88. The number of benzene rings is 2. The van der Waals surface area contributed by atoms with Crippen molar-refractivity contribution in [3.8, 4) is 16.3 Å². The number of hydrogen-bond donors (Lipinski definition) is 1. The molecule has 0 saturated carbocycles. The average molecular weight is 380 g/mol. The van der Waals surface area contributed by atoms with Gasteiger partial charge < -0.3 is 10.5 Å². The van der Waals surface area contributed by atoms with E-state index in [4.69, 9.17) is 15.5 Å². The van der Waals surface area contributed by atoms with Crippen molar-refractivity contribution in [2.75, 3.05) is 26.7 Å². The minimum absolute atomic E-state index is 0.507. The molecule has 140 valence electrons. The molecule has 3 aromatic rings. The SMILES string of the molecule is COc1ccc(-c2nc(CN3C[C@@H](CN)[C@H](c4ccccc4)C3)cs2)cc1. The fourth-order valence-corrected chi connectivity index (χ4v) is 4.70. The van der Waals surface area contributed by atoms with Crippen molar-refractivity contribution in [2.45, 2.75) is 12.5 Å². The highest BCUT2D eigenvalue weighted by atomic mass is 32.1. The predicted molar refractivity (Wildman–Crippen MR) is 111 cm³/mol. The van der Waals surface area contributed by atoms with E-state index < -0.39 is 0 Å². The molecule has 2 atom stereocenters. The minimum Gasteiger partial charge on any atom is -0.497 e. The van der Waals surface area contributed by atoms with Crippen LogP contribution in [0.1, 0.15) is 17.2 Å². The van der Waals surface area contributed by atoms with Gasteiger partial charge in [-0.15, -0.1) is 11.3 Å². The number of thiazole rings is 1. The molecule has 2 heterocycles. The molecule has 1 fully saturated rings. The molecule has 0 unspecified atom stereocenters. The van der Waals surface area contributed by atoms with Crippen molar-refractivity contribution in [1.82, 2.24) is 9.88 Å². The van der Waals surface area contributed by atoms with E-state index in [1.54, 1.807) is 18.4 Å². The molecular weight excluding hydrogens is 354 g/mol. The lowest BCUT2D eigenvalue weighted by Crippen LogP contribution is -2.23. The van der Waals surface area contributed by atoms with E-state index in [2.05, 4.69) is 52.7 Å². The molecule has 4 nitrogen and oxygen atoms in total. The zero-order valence-corrected chi connectivity index (χ0v) is 16.4. The van der Waals surface area contributed by atoms with Crippen LogP contribution in [0.2, 0.25) is 0 Å². The molecule has 1 saturated heterocycles. The van der Waals surface area contributed by atoms with Gasteiger partial charge in [0.05, 0.1) is 12.8 Å². The largest absolute Gasteiger partial charge is 0.497 e. The number of rotatable bonds is 6. The van der Waals surface area contributed by atoms with Gasteiger partial charge in [0, 0.05) is 36.5 Å². The second-order valence-corrected chi connectivity index (χ2v) is 7.94. The van der Waals surface area contributed by atoms with E-state index in [1.807, 2.05) is 12.1 Å². The van der Waals surface area contributed by atoms with Gasteiger partial charge in [-0.25, -0.2) is 4.98 Å². The number of hydrogen-bond acceptors (Lipinski definition) is 5. The van der Waals surface area contributed by atoms with Crippen molar-refractivity contribution in [1.29, 1.82) is 0 Å². The summed E-state index contributed by atoms with van der Waals surface area (Å²) in [5, 5.41) is 3.23. The van der Waals surface area contributed by atoms with Crippen LogP contribution in [-0.2, 0) is 6.54 Å². The molecule has 0 bridgehead atoms. The lowest BCUT2D eigenvalue weighted by atomic mass is 9.89. The first kappa shape index (κ1) is 18.2. The topological polar surface area (TPSA) is 51.4 Å². The van der Waals surface area contributed by atoms with Crippen LogP contribution >= 0.6 is 11.3 Å². The highest BCUT2D eigenvalue weighted by Crippen LogP contribution is 2.33. The molecule has 27 heavy (non-hydrogen) atoms. The maximum atomic E-state index is 6.07. The van der Waals surface area contributed by atoms with Gasteiger partial charge in [0.1, 0.15) is 10.8 Å². The zero-order valence-electron chi connectivity index (χ0n) is 15.5. The van der Waals surface area contributed by atoms with Crippen molar-refractivity contribution >= 4 is 11.3 Å². The molecule has 0 spiro atoms. The fraction of sp³-hybridized carbons (Fsp3) is 0.318. The number of ether oxygens (including phenoxy) is 1. The summed E-state index contributed by atoms with van der Waals surface area (Å²) in [6.07, 6.45) is 0. The molecule has 2 N–H and O–H groups in total. The van der Waals surface area contributed by atoms with Gasteiger partial charge in [0.15, 0.2) is 0 Å². The van der Waals surface area contributed by atoms with Gasteiger partial charge in [-0.1, -0.05) is 30.3 Å². The van der Waals surface area contributed by atoms with Crippen LogP contribution in [0.3, 0.4) is 0 Å². The highest BCUT2D eigenvalue weighted by molar-refractivity contribution is 7.13. The van der Waals surface area contributed by atoms with Gasteiger partial charge in [-0.2, -0.15) is 0 Å². The monoisotopic (exact) mass is 379 g/mol. The first-order valence-electron chi connectivity index (χ1n) is 9.33. The Morgan fingerprint density at radius 2 is 1.89 bits per heavy atom. The van der Waals surface area contributed by atoms with Crippen LogP contribution in [0.5, 0.6) is 5.75 Å². The minimum atomic E-state index is 0.507. The van der Waals surface area contributed by atoms with Crippen molar-refractivity contribution < 1.29 is 4.74 Å². The van der Waals surface area contributed by atoms with Crippen molar-refractivity contribution in [3.05, 3.63) is 71.2 Å². The van der Waals surface area contributed by atoms with E-state index in [1.165, 1.54) is 5.56 Å². The third-order valence-corrected chi connectivity index (χ3v) is 6.26. The van der Waals surface area contributed by atoms with E-state index in [0.29, 0.717) is 11.8 Å². The Morgan fingerprint density at radius 3 is 2.59 bits per heavy atom. The molecule has 2 aromatic carbocycles. The third-order valence-electron chi connectivity index (χ3n) is 5.32. The van der Waals surface area contributed by atoms with Gasteiger partial charge in [0.25, 0.3) is 0 Å². The lowest BCUT2D eigenvalue weighted by molar-refractivity contribution is 0.314. The van der Waals surface area contributed by atoms with E-state index in [-0.39, 0.29) is 0 Å². The Labute approximate surface area is 164 Å². The summed E-state index contributed by atoms with van der Waals surface area (Å²) in [7, 11) is 1.68. The molecule has 4 rings (SSSR count). The Hall–Kier alpha value is -2.21. The number of aromatic nitrogens is 1. The van der Waals surface area contributed by atoms with E-state index >= 15 is 0 Å². The Morgan fingerprint density at radius 1 is 1.11 bits per heavy atom. The predicted octanol–water partition coefficient (Wildman–Crippen LogP) is 3.99. The molecule has 1 aromatic heterocycles. The smallest absolute Gasteiger partial charge is 0.123 e. The summed E-state index contributed by atoms with van der Waals surface area (Å²) in [6, 6.07) is 18.8. The van der Waals surface area contributed by atoms with E-state index in [0.717, 1.165) is 48.2 Å². The second kappa shape index (κ2) is 8.21. The maximum Gasteiger partial charge on any atom is 0.123 e. The molecule has 1 aliphatic heterocycles. The number of nitrogens with zero attached hydrogens (tertiary/aromatic N) is 2. The summed E-state index contributed by atoms with van der Waals surface area (Å²) in [4.78, 5) is 7.34. The fourth-order valence-electron chi connectivity index (χ4n) is 3.88. The van der Waals surface area contributed by atoms with Crippen LogP contribution in [0, 0.1) is 5.92 Å². The van der Waals surface area contributed by atoms with Gasteiger partial charge in [-0.05, 0) is 42.3 Å². The summed E-state index contributed by atoms with van der Waals surface area (Å²) in [6.45, 7) is 3.68. The van der Waals surface area contributed by atoms with Crippen LogP contribution in [0.25, 0.3) is 10.6 Å². The number of methoxy groups -OCH3 is 1. The maximum absolute atomic E-state index is 6.07. The van der Waals surface area contributed by atoms with Crippen LogP contribution < -0.4 is 10.5 Å². The van der Waals surface area contributed by atoms with Crippen molar-refractivity contribution in [3.63, 3.8) is 0 Å². The zero-order chi connectivity index (χ0) is 18.6. The Kier molecular flexibility index (Phi) is 5.53. The quantitative estimate of drug-likeness (QED) is 0.703. The lowest BCUT2D eigenvalue weighted by Gasteiger charge is -2.16. The average Bonchev–Trinajstić information content (AvgIpc) is 3.36. The van der Waals surface area contributed by atoms with E-state index in [9.17, 15) is 0 Å². The number of nitrogens with two attached hydrogens (primary N) is 1. The second-order valence-electron chi connectivity index (χ2n) is 7.08. The summed E-state index contributed by atoms with van der Waals surface area (Å²) >= 11 is 1.70. The molecule has 1 aliphatic rings. The highest BCUT2D eigenvalue weighted by Gasteiger charge is 2.32. The summed E-state index contributed by atoms with van der Waals surface area (Å²) < 4.78 is 5.23. The third kappa shape index (κ3) is 4.05. The first-order chi connectivity index (χ1) is 13.3. The Balaban J connectivity index is 1.44. The van der Waals surface area contributed by atoms with Crippen LogP contribution in [0.15, 0.2) is 60.0 Å². The molecule has 0 aliphatic carbocycles. The first-order valence-corrected chi connectivity index (χ1v) is 10.2. The number of likely N-dealkylation sites (tertiary alicyclic amines) is 1. The van der Waals surface area contributed by atoms with Crippen molar-refractivity contribution in [2.24, 2.45) is 11.7 Å². The Bertz CT molecular complexity index is 863. The molecular formula is C22H25N3OS. The molecule has 0 radical (unpaired) electrons. The standard InChI is InChI=1S/C22H25N3OS/c1-26-20-9-7-17(8-10-20)22-24-19(15-27-22)13-25-12-18(11-23)21(14-25)16-5-3-2-4-6-16/h2-10,15,18,21H,11-14,23H2,1H3/t18-,21+/m1/s1. The summed E-state index contributed by atoms with van der Waals surface area (Å²) in [5.41, 5.74) is 9.74. The molecule has 5 heteroatoms. The van der Waals surface area contributed by atoms with Gasteiger partial charge >= 0.3 is 0 Å². The van der Waals surface area contributed by atoms with Crippen LogP contribution in [-0.4, -0.2) is 36.6 Å². The normalized spacial score (nSPS) is 20.1. The van der Waals surface area contributed by atoms with Crippen LogP contribution in [0.4, 0.5) is 0 Å². The molecule has 0 amide bonds. The van der Waals surface area contributed by atoms with Gasteiger partial charge in [0.2, 0.25) is 0 Å².